The highest BCUT2D eigenvalue weighted by Crippen LogP contribution is 2.32. The zero-order valence-electron chi connectivity index (χ0n) is 13.5. The van der Waals surface area contributed by atoms with Crippen molar-refractivity contribution in [2.24, 2.45) is 0 Å². The molecule has 3 aromatic heterocycles. The number of anilines is 1. The molecule has 132 valence electrons. The Morgan fingerprint density at radius 2 is 1.88 bits per heavy atom. The molecule has 0 fully saturated rings. The summed E-state index contributed by atoms with van der Waals surface area (Å²) in [5.41, 5.74) is 1.68. The number of hydrogen-bond donors (Lipinski definition) is 2. The summed E-state index contributed by atoms with van der Waals surface area (Å²) in [5, 5.41) is 11.1. The molecule has 0 bridgehead atoms. The number of nitrogens with zero attached hydrogens (tertiary/aromatic N) is 3. The summed E-state index contributed by atoms with van der Waals surface area (Å²) in [6, 6.07) is 9.69. The van der Waals surface area contributed by atoms with Gasteiger partial charge < -0.3 is 5.11 Å². The maximum atomic E-state index is 12.7. The van der Waals surface area contributed by atoms with Gasteiger partial charge >= 0.3 is 0 Å². The molecule has 0 unspecified atom stereocenters. The smallest absolute Gasteiger partial charge is 0.264 e. The number of aromatic hydroxyl groups is 1. The number of hydrogen-bond acceptors (Lipinski definition) is 5. The normalized spacial score (nSPS) is 11.9. The van der Waals surface area contributed by atoms with E-state index in [0.29, 0.717) is 21.6 Å². The van der Waals surface area contributed by atoms with E-state index in [1.807, 2.05) is 6.92 Å². The van der Waals surface area contributed by atoms with Crippen molar-refractivity contribution in [3.05, 3.63) is 59.4 Å². The molecule has 0 atom stereocenters. The van der Waals surface area contributed by atoms with E-state index in [0.717, 1.165) is 5.56 Å². The molecule has 0 amide bonds. The minimum absolute atomic E-state index is 0.00291. The van der Waals surface area contributed by atoms with E-state index in [-0.39, 0.29) is 16.6 Å². The fourth-order valence-corrected chi connectivity index (χ4v) is 3.88. The van der Waals surface area contributed by atoms with Crippen molar-refractivity contribution in [1.29, 1.82) is 0 Å². The Morgan fingerprint density at radius 3 is 2.62 bits per heavy atom. The first-order chi connectivity index (χ1) is 12.4. The van der Waals surface area contributed by atoms with Gasteiger partial charge in [-0.05, 0) is 31.2 Å². The molecule has 0 aliphatic heterocycles. The molecule has 1 aromatic carbocycles. The van der Waals surface area contributed by atoms with E-state index in [4.69, 9.17) is 11.6 Å². The second kappa shape index (κ2) is 5.86. The predicted octanol–water partition coefficient (Wildman–Crippen LogP) is 3.35. The number of benzene rings is 1. The molecule has 4 rings (SSSR count). The molecule has 9 heteroatoms. The van der Waals surface area contributed by atoms with Gasteiger partial charge in [0, 0.05) is 11.6 Å². The van der Waals surface area contributed by atoms with Crippen molar-refractivity contribution in [3.8, 4) is 5.75 Å². The Hall–Kier alpha value is -2.84. The monoisotopic (exact) mass is 388 g/mol. The lowest BCUT2D eigenvalue weighted by Crippen LogP contribution is -2.16. The van der Waals surface area contributed by atoms with Gasteiger partial charge in [-0.2, -0.15) is 0 Å². The first-order valence-electron chi connectivity index (χ1n) is 7.60. The van der Waals surface area contributed by atoms with Gasteiger partial charge in [0.25, 0.3) is 10.0 Å². The second-order valence-electron chi connectivity index (χ2n) is 5.78. The van der Waals surface area contributed by atoms with E-state index >= 15 is 0 Å². The van der Waals surface area contributed by atoms with E-state index in [2.05, 4.69) is 14.7 Å². The summed E-state index contributed by atoms with van der Waals surface area (Å²) in [5.74, 6) is -0.111. The van der Waals surface area contributed by atoms with Gasteiger partial charge in [-0.1, -0.05) is 29.3 Å². The number of fused-ring (bicyclic) bond motifs is 3. The Labute approximate surface area is 154 Å². The lowest BCUT2D eigenvalue weighted by molar-refractivity contribution is 0.476. The van der Waals surface area contributed by atoms with Crippen LogP contribution in [0.4, 0.5) is 5.95 Å². The molecule has 0 spiro atoms. The zero-order valence-corrected chi connectivity index (χ0v) is 15.1. The van der Waals surface area contributed by atoms with Gasteiger partial charge in [0.15, 0.2) is 5.75 Å². The Balaban J connectivity index is 1.92. The molecule has 0 aliphatic rings. The zero-order chi connectivity index (χ0) is 18.5. The number of halogens is 1. The number of nitrogens with one attached hydrogen (secondary N) is 1. The number of sulfonamides is 1. The van der Waals surface area contributed by atoms with Gasteiger partial charge in [-0.25, -0.2) is 23.1 Å². The first kappa shape index (κ1) is 16.6. The van der Waals surface area contributed by atoms with Gasteiger partial charge in [0.05, 0.1) is 21.6 Å². The SMILES string of the molecule is Cc1ccc(S(=O)(=O)Nc2ncc(O)c3cc4c(Cl)ccnc4n23)cc1. The molecule has 3 heterocycles. The topological polar surface area (TPSA) is 96.6 Å². The van der Waals surface area contributed by atoms with Crippen LogP contribution in [0.3, 0.4) is 0 Å². The van der Waals surface area contributed by atoms with Crippen LogP contribution in [0.25, 0.3) is 16.6 Å². The lowest BCUT2D eigenvalue weighted by Gasteiger charge is -2.10. The molecular weight excluding hydrogens is 376 g/mol. The fourth-order valence-electron chi connectivity index (χ4n) is 2.68. The number of aryl methyl sites for hydroxylation is 1. The van der Waals surface area contributed by atoms with E-state index in [1.54, 1.807) is 24.3 Å². The van der Waals surface area contributed by atoms with Crippen LogP contribution in [0.15, 0.2) is 53.7 Å². The van der Waals surface area contributed by atoms with Crippen LogP contribution in [-0.2, 0) is 10.0 Å². The highest BCUT2D eigenvalue weighted by molar-refractivity contribution is 7.92. The predicted molar refractivity (Wildman–Crippen MR) is 99.2 cm³/mol. The van der Waals surface area contributed by atoms with E-state index in [9.17, 15) is 13.5 Å². The molecule has 7 nitrogen and oxygen atoms in total. The van der Waals surface area contributed by atoms with Gasteiger partial charge in [-0.15, -0.1) is 0 Å². The van der Waals surface area contributed by atoms with E-state index in [1.165, 1.54) is 28.9 Å². The minimum atomic E-state index is -3.87. The van der Waals surface area contributed by atoms with Crippen molar-refractivity contribution >= 4 is 44.1 Å². The van der Waals surface area contributed by atoms with Crippen LogP contribution < -0.4 is 4.72 Å². The largest absolute Gasteiger partial charge is 0.504 e. The molecule has 0 saturated carbocycles. The lowest BCUT2D eigenvalue weighted by atomic mass is 10.2. The van der Waals surface area contributed by atoms with Crippen molar-refractivity contribution in [3.63, 3.8) is 0 Å². The van der Waals surface area contributed by atoms with Crippen molar-refractivity contribution in [2.45, 2.75) is 11.8 Å². The summed E-state index contributed by atoms with van der Waals surface area (Å²) >= 11 is 6.18. The van der Waals surface area contributed by atoms with Crippen LogP contribution in [0, 0.1) is 6.92 Å². The van der Waals surface area contributed by atoms with Crippen LogP contribution in [0.1, 0.15) is 5.56 Å². The van der Waals surface area contributed by atoms with Crippen molar-refractivity contribution in [1.82, 2.24) is 14.4 Å². The van der Waals surface area contributed by atoms with Gasteiger partial charge in [0.2, 0.25) is 5.95 Å². The van der Waals surface area contributed by atoms with Crippen molar-refractivity contribution in [2.75, 3.05) is 4.72 Å². The fraction of sp³-hybridized carbons (Fsp3) is 0.0588. The minimum Gasteiger partial charge on any atom is -0.504 e. The highest BCUT2D eigenvalue weighted by atomic mass is 35.5. The third kappa shape index (κ3) is 2.63. The highest BCUT2D eigenvalue weighted by Gasteiger charge is 2.20. The molecule has 0 aliphatic carbocycles. The summed E-state index contributed by atoms with van der Waals surface area (Å²) < 4.78 is 29.3. The van der Waals surface area contributed by atoms with Crippen LogP contribution in [0.2, 0.25) is 5.02 Å². The van der Waals surface area contributed by atoms with Gasteiger partial charge in [-0.3, -0.25) is 4.40 Å². The Bertz CT molecular complexity index is 1250. The van der Waals surface area contributed by atoms with Crippen molar-refractivity contribution < 1.29 is 13.5 Å². The van der Waals surface area contributed by atoms with Gasteiger partial charge in [0.1, 0.15) is 5.65 Å². The molecule has 0 radical (unpaired) electrons. The van der Waals surface area contributed by atoms with Crippen LogP contribution >= 0.6 is 11.6 Å². The third-order valence-electron chi connectivity index (χ3n) is 3.99. The maximum Gasteiger partial charge on any atom is 0.264 e. The average Bonchev–Trinajstić information content (AvgIpc) is 3.00. The average molecular weight is 389 g/mol. The quantitative estimate of drug-likeness (QED) is 0.561. The standard InChI is InChI=1S/C17H13ClN4O3S/c1-10-2-4-11(5-3-10)26(24,25)21-17-20-9-15(23)14-8-12-13(18)6-7-19-16(12)22(14)17/h2-9,23H,1H3,(H,20,21). The van der Waals surface area contributed by atoms with Crippen LogP contribution in [-0.4, -0.2) is 27.9 Å². The van der Waals surface area contributed by atoms with Crippen LogP contribution in [0.5, 0.6) is 5.75 Å². The molecule has 4 aromatic rings. The Kier molecular flexibility index (Phi) is 3.74. The summed E-state index contributed by atoms with van der Waals surface area (Å²) in [7, 11) is -3.87. The summed E-state index contributed by atoms with van der Waals surface area (Å²) in [6.07, 6.45) is 2.68. The first-order valence-corrected chi connectivity index (χ1v) is 9.46. The third-order valence-corrected chi connectivity index (χ3v) is 5.66. The maximum absolute atomic E-state index is 12.7. The molecular formula is C17H13ClN4O3S. The number of aromatic nitrogens is 3. The second-order valence-corrected chi connectivity index (χ2v) is 7.87. The number of pyridine rings is 1. The molecule has 0 saturated heterocycles. The summed E-state index contributed by atoms with van der Waals surface area (Å²) in [6.45, 7) is 1.87. The molecule has 2 N–H and O–H groups in total. The Morgan fingerprint density at radius 1 is 1.15 bits per heavy atom. The van der Waals surface area contributed by atoms with E-state index < -0.39 is 10.0 Å². The molecule has 26 heavy (non-hydrogen) atoms. The summed E-state index contributed by atoms with van der Waals surface area (Å²) in [4.78, 5) is 8.37. The number of rotatable bonds is 3.